The smallest absolute Gasteiger partial charge is 0.248 e. The van der Waals surface area contributed by atoms with Gasteiger partial charge in [-0.15, -0.1) is 10.2 Å². The van der Waals surface area contributed by atoms with E-state index in [1.54, 1.807) is 18.9 Å². The topological polar surface area (TPSA) is 81.9 Å². The number of para-hydroxylation sites is 1. The van der Waals surface area contributed by atoms with Crippen molar-refractivity contribution in [3.05, 3.63) is 78.9 Å². The number of carbonyl (C=O) groups excluding carboxylic acids is 1. The molecule has 0 aliphatic carbocycles. The third kappa shape index (κ3) is 4.84. The van der Waals surface area contributed by atoms with Gasteiger partial charge in [0.15, 0.2) is 0 Å². The largest absolute Gasteiger partial charge is 0.497 e. The lowest BCUT2D eigenvalue weighted by atomic mass is 10.2. The van der Waals surface area contributed by atoms with Gasteiger partial charge in [-0.05, 0) is 41.6 Å². The number of ether oxygens (including phenoxy) is 1. The first-order chi connectivity index (χ1) is 14.7. The molecule has 30 heavy (non-hydrogen) atoms. The average Bonchev–Trinajstić information content (AvgIpc) is 3.24. The van der Waals surface area contributed by atoms with Crippen molar-refractivity contribution in [3.8, 4) is 17.1 Å². The Bertz CT molecular complexity index is 1150. The van der Waals surface area contributed by atoms with Gasteiger partial charge in [-0.1, -0.05) is 54.2 Å². The molecule has 4 rings (SSSR count). The van der Waals surface area contributed by atoms with Crippen molar-refractivity contribution in [1.29, 1.82) is 0 Å². The van der Waals surface area contributed by atoms with Crippen LogP contribution < -0.4 is 10.1 Å². The van der Waals surface area contributed by atoms with E-state index in [1.807, 2.05) is 78.9 Å². The van der Waals surface area contributed by atoms with Crippen LogP contribution in [0.5, 0.6) is 5.75 Å². The number of methoxy groups -OCH3 is 1. The van der Waals surface area contributed by atoms with Gasteiger partial charge < -0.3 is 10.1 Å². The zero-order valence-corrected chi connectivity index (χ0v) is 17.0. The fourth-order valence-electron chi connectivity index (χ4n) is 2.78. The minimum Gasteiger partial charge on any atom is -0.497 e. The Morgan fingerprint density at radius 1 is 1.03 bits per heavy atom. The van der Waals surface area contributed by atoms with Crippen molar-refractivity contribution in [2.75, 3.05) is 12.4 Å². The molecule has 0 saturated carbocycles. The highest BCUT2D eigenvalue weighted by Gasteiger charge is 2.12. The molecule has 1 aromatic heterocycles. The number of tetrazole rings is 1. The summed E-state index contributed by atoms with van der Waals surface area (Å²) in [6.45, 7) is -0.0404. The highest BCUT2D eigenvalue weighted by atomic mass is 32.2. The van der Waals surface area contributed by atoms with E-state index in [0.717, 1.165) is 21.0 Å². The van der Waals surface area contributed by atoms with Gasteiger partial charge in [-0.25, -0.2) is 0 Å². The van der Waals surface area contributed by atoms with E-state index >= 15 is 0 Å². The Morgan fingerprint density at radius 3 is 2.67 bits per heavy atom. The van der Waals surface area contributed by atoms with Crippen molar-refractivity contribution in [2.24, 2.45) is 0 Å². The Morgan fingerprint density at radius 2 is 1.83 bits per heavy atom. The molecule has 4 aromatic rings. The summed E-state index contributed by atoms with van der Waals surface area (Å²) in [4.78, 5) is 15.9. The van der Waals surface area contributed by atoms with Crippen LogP contribution in [0.1, 0.15) is 0 Å². The summed E-state index contributed by atoms with van der Waals surface area (Å²) in [5, 5.41) is 15.3. The predicted molar refractivity (Wildman–Crippen MR) is 115 cm³/mol. The normalized spacial score (nSPS) is 10.6. The molecule has 3 aromatic carbocycles. The number of carbonyl (C=O) groups is 1. The number of aromatic nitrogens is 4. The molecular formula is C22H19N5O2S. The van der Waals surface area contributed by atoms with E-state index in [4.69, 9.17) is 4.74 Å². The second-order valence-electron chi connectivity index (χ2n) is 6.33. The van der Waals surface area contributed by atoms with E-state index in [2.05, 4.69) is 20.7 Å². The number of hydrogen-bond acceptors (Lipinski definition) is 6. The van der Waals surface area contributed by atoms with Crippen LogP contribution in [0.2, 0.25) is 0 Å². The summed E-state index contributed by atoms with van der Waals surface area (Å²) in [5.74, 6) is 0.904. The average molecular weight is 417 g/mol. The summed E-state index contributed by atoms with van der Waals surface area (Å²) < 4.78 is 5.22. The fraction of sp³-hybridized carbons (Fsp3) is 0.0909. The summed E-state index contributed by atoms with van der Waals surface area (Å²) in [5.41, 5.74) is 1.51. The number of anilines is 1. The molecule has 7 nitrogen and oxygen atoms in total. The fourth-order valence-corrected chi connectivity index (χ4v) is 3.70. The van der Waals surface area contributed by atoms with Crippen LogP contribution in [0, 0.1) is 0 Å². The molecule has 0 aliphatic rings. The molecular weight excluding hydrogens is 398 g/mol. The van der Waals surface area contributed by atoms with Gasteiger partial charge in [0.1, 0.15) is 12.3 Å². The Kier molecular flexibility index (Phi) is 6.05. The lowest BCUT2D eigenvalue weighted by molar-refractivity contribution is -0.117. The van der Waals surface area contributed by atoms with Crippen LogP contribution in [0.15, 0.2) is 88.7 Å². The molecule has 1 amide bonds. The summed E-state index contributed by atoms with van der Waals surface area (Å²) in [6.07, 6.45) is 0. The molecule has 1 heterocycles. The zero-order valence-electron chi connectivity index (χ0n) is 16.2. The molecule has 8 heteroatoms. The van der Waals surface area contributed by atoms with Gasteiger partial charge in [0, 0.05) is 15.4 Å². The molecule has 0 fully saturated rings. The Balaban J connectivity index is 1.44. The minimum absolute atomic E-state index is 0.0404. The lowest BCUT2D eigenvalue weighted by Crippen LogP contribution is -2.20. The highest BCUT2D eigenvalue weighted by molar-refractivity contribution is 7.99. The maximum absolute atomic E-state index is 12.6. The third-order valence-electron chi connectivity index (χ3n) is 4.20. The zero-order chi connectivity index (χ0) is 20.8. The van der Waals surface area contributed by atoms with Crippen LogP contribution in [-0.4, -0.2) is 33.2 Å². The van der Waals surface area contributed by atoms with Crippen LogP contribution in [0.25, 0.3) is 11.4 Å². The molecule has 0 unspecified atom stereocenters. The molecule has 0 saturated heterocycles. The standard InChI is InChI=1S/C22H19N5O2S/c1-29-17-9-7-8-16(14-17)22-24-26-27(25-22)15-21(28)23-19-12-5-6-13-20(19)30-18-10-3-2-4-11-18/h2-14H,15H2,1H3,(H,23,28). The lowest BCUT2D eigenvalue weighted by Gasteiger charge is -2.10. The van der Waals surface area contributed by atoms with Gasteiger partial charge >= 0.3 is 0 Å². The predicted octanol–water partition coefficient (Wildman–Crippen LogP) is 4.14. The van der Waals surface area contributed by atoms with Crippen molar-refractivity contribution in [3.63, 3.8) is 0 Å². The Labute approximate surface area is 178 Å². The minimum atomic E-state index is -0.231. The first-order valence-electron chi connectivity index (χ1n) is 9.25. The number of benzene rings is 3. The molecule has 0 atom stereocenters. The number of hydrogen-bond donors (Lipinski definition) is 1. The van der Waals surface area contributed by atoms with Gasteiger partial charge in [0.25, 0.3) is 0 Å². The molecule has 0 spiro atoms. The van der Waals surface area contributed by atoms with Crippen molar-refractivity contribution < 1.29 is 9.53 Å². The molecule has 0 aliphatic heterocycles. The van der Waals surface area contributed by atoms with Gasteiger partial charge in [-0.3, -0.25) is 4.79 Å². The van der Waals surface area contributed by atoms with Crippen LogP contribution in [-0.2, 0) is 11.3 Å². The summed E-state index contributed by atoms with van der Waals surface area (Å²) >= 11 is 1.59. The van der Waals surface area contributed by atoms with Crippen LogP contribution >= 0.6 is 11.8 Å². The number of amides is 1. The molecule has 0 radical (unpaired) electrons. The maximum Gasteiger partial charge on any atom is 0.248 e. The number of nitrogens with one attached hydrogen (secondary N) is 1. The highest BCUT2D eigenvalue weighted by Crippen LogP contribution is 2.33. The van der Waals surface area contributed by atoms with E-state index in [-0.39, 0.29) is 12.5 Å². The first-order valence-corrected chi connectivity index (χ1v) is 10.1. The van der Waals surface area contributed by atoms with Crippen molar-refractivity contribution in [1.82, 2.24) is 20.2 Å². The molecule has 0 bridgehead atoms. The third-order valence-corrected chi connectivity index (χ3v) is 5.28. The van der Waals surface area contributed by atoms with Crippen LogP contribution in [0.4, 0.5) is 5.69 Å². The van der Waals surface area contributed by atoms with Gasteiger partial charge in [0.2, 0.25) is 11.7 Å². The molecule has 1 N–H and O–H groups in total. The molecule has 150 valence electrons. The van der Waals surface area contributed by atoms with Crippen molar-refractivity contribution >= 4 is 23.4 Å². The quantitative estimate of drug-likeness (QED) is 0.487. The SMILES string of the molecule is COc1cccc(-c2nnn(CC(=O)Nc3ccccc3Sc3ccccc3)n2)c1. The number of nitrogens with zero attached hydrogens (tertiary/aromatic N) is 4. The van der Waals surface area contributed by atoms with E-state index in [1.165, 1.54) is 4.80 Å². The monoisotopic (exact) mass is 417 g/mol. The summed E-state index contributed by atoms with van der Waals surface area (Å²) in [6, 6.07) is 25.1. The van der Waals surface area contributed by atoms with E-state index in [9.17, 15) is 4.79 Å². The summed E-state index contributed by atoms with van der Waals surface area (Å²) in [7, 11) is 1.60. The van der Waals surface area contributed by atoms with E-state index < -0.39 is 0 Å². The maximum atomic E-state index is 12.6. The second kappa shape index (κ2) is 9.23. The van der Waals surface area contributed by atoms with E-state index in [0.29, 0.717) is 11.6 Å². The van der Waals surface area contributed by atoms with Crippen LogP contribution in [0.3, 0.4) is 0 Å². The first kappa shape index (κ1) is 19.7. The van der Waals surface area contributed by atoms with Gasteiger partial charge in [0.05, 0.1) is 12.8 Å². The van der Waals surface area contributed by atoms with Gasteiger partial charge in [-0.2, -0.15) is 4.80 Å². The number of rotatable bonds is 7. The Hall–Kier alpha value is -3.65. The second-order valence-corrected chi connectivity index (χ2v) is 7.45. The van der Waals surface area contributed by atoms with Crippen molar-refractivity contribution in [2.45, 2.75) is 16.3 Å².